The number of aryl methyl sites for hydroxylation is 1. The molecule has 1 aromatic carbocycles. The molecule has 0 aliphatic rings. The Balaban J connectivity index is 2.15. The Labute approximate surface area is 86.3 Å². The molecule has 1 aromatic heterocycles. The Morgan fingerprint density at radius 2 is 1.79 bits per heavy atom. The average molecular weight is 204 g/mol. The lowest BCUT2D eigenvalue weighted by Crippen LogP contribution is -1.91. The van der Waals surface area contributed by atoms with Gasteiger partial charge in [-0.05, 0) is 29.9 Å². The quantitative estimate of drug-likeness (QED) is 0.685. The number of furan rings is 1. The largest absolute Gasteiger partial charge is 0.466 e. The summed E-state index contributed by atoms with van der Waals surface area (Å²) in [5.74, 6) is 2.00. The number of hydrogen-bond acceptors (Lipinski definition) is 1. The molecule has 0 fully saturated rings. The van der Waals surface area contributed by atoms with Gasteiger partial charge in [-0.1, -0.05) is 24.3 Å². The van der Waals surface area contributed by atoms with Crippen molar-refractivity contribution in [1.82, 2.24) is 0 Å². The van der Waals surface area contributed by atoms with Gasteiger partial charge in [-0.25, -0.2) is 0 Å². The van der Waals surface area contributed by atoms with E-state index in [0.717, 1.165) is 17.9 Å². The van der Waals surface area contributed by atoms with E-state index in [-0.39, 0.29) is 0 Å². The van der Waals surface area contributed by atoms with Gasteiger partial charge in [-0.3, -0.25) is 0 Å². The van der Waals surface area contributed by atoms with Crippen LogP contribution in [0.4, 0.5) is 0 Å². The van der Waals surface area contributed by atoms with Crippen LogP contribution in [0.15, 0.2) is 40.8 Å². The molecule has 0 amide bonds. The summed E-state index contributed by atoms with van der Waals surface area (Å²) in [7, 11) is 2.68. The lowest BCUT2D eigenvalue weighted by atomic mass is 10.1. The van der Waals surface area contributed by atoms with E-state index < -0.39 is 0 Å². The van der Waals surface area contributed by atoms with E-state index >= 15 is 0 Å². The molecular formula is C12H13OP. The predicted octanol–water partition coefficient (Wildman–Crippen LogP) is 2.68. The molecule has 1 unspecified atom stereocenters. The van der Waals surface area contributed by atoms with Crippen LogP contribution in [-0.4, -0.2) is 0 Å². The van der Waals surface area contributed by atoms with Crippen LogP contribution >= 0.6 is 9.24 Å². The summed E-state index contributed by atoms with van der Waals surface area (Å²) in [6, 6.07) is 12.5. The number of rotatable bonds is 2. The summed E-state index contributed by atoms with van der Waals surface area (Å²) in [4.78, 5) is 0. The van der Waals surface area contributed by atoms with E-state index in [0.29, 0.717) is 0 Å². The van der Waals surface area contributed by atoms with Gasteiger partial charge in [0.2, 0.25) is 0 Å². The first kappa shape index (κ1) is 9.48. The van der Waals surface area contributed by atoms with Crippen LogP contribution in [0.25, 0.3) is 0 Å². The lowest BCUT2D eigenvalue weighted by molar-refractivity contribution is 0.493. The van der Waals surface area contributed by atoms with Crippen molar-refractivity contribution in [3.63, 3.8) is 0 Å². The van der Waals surface area contributed by atoms with Gasteiger partial charge in [-0.15, -0.1) is 9.24 Å². The van der Waals surface area contributed by atoms with Crippen LogP contribution in [-0.2, 0) is 6.42 Å². The molecule has 0 saturated carbocycles. The minimum atomic E-state index is 0.874. The van der Waals surface area contributed by atoms with Gasteiger partial charge in [0, 0.05) is 6.42 Å². The third-order valence-corrected chi connectivity index (χ3v) is 2.54. The van der Waals surface area contributed by atoms with Crippen molar-refractivity contribution in [1.29, 1.82) is 0 Å². The average Bonchev–Trinajstić information content (AvgIpc) is 2.56. The highest BCUT2D eigenvalue weighted by atomic mass is 31.0. The molecule has 0 saturated heterocycles. The summed E-state index contributed by atoms with van der Waals surface area (Å²) in [6.07, 6.45) is 0.874. The van der Waals surface area contributed by atoms with Gasteiger partial charge in [-0.2, -0.15) is 0 Å². The first-order valence-electron chi connectivity index (χ1n) is 4.64. The standard InChI is InChI=1S/C12H13OP/c1-9-2-5-11(13-9)8-10-3-6-12(14)7-4-10/h2-7H,8,14H2,1H3. The maximum atomic E-state index is 5.51. The number of hydrogen-bond donors (Lipinski definition) is 0. The monoisotopic (exact) mass is 204 g/mol. The normalized spacial score (nSPS) is 10.4. The van der Waals surface area contributed by atoms with Gasteiger partial charge in [0.1, 0.15) is 11.5 Å². The van der Waals surface area contributed by atoms with Crippen LogP contribution in [0.2, 0.25) is 0 Å². The van der Waals surface area contributed by atoms with Crippen molar-refractivity contribution in [2.75, 3.05) is 0 Å². The van der Waals surface area contributed by atoms with Crippen LogP contribution in [0, 0.1) is 6.92 Å². The predicted molar refractivity (Wildman–Crippen MR) is 62.0 cm³/mol. The zero-order valence-electron chi connectivity index (χ0n) is 8.16. The Morgan fingerprint density at radius 3 is 2.36 bits per heavy atom. The van der Waals surface area contributed by atoms with E-state index in [4.69, 9.17) is 4.42 Å². The summed E-state index contributed by atoms with van der Waals surface area (Å²) in [6.45, 7) is 1.97. The molecule has 2 rings (SSSR count). The molecule has 0 aliphatic carbocycles. The number of benzene rings is 1. The zero-order valence-corrected chi connectivity index (χ0v) is 9.31. The van der Waals surface area contributed by atoms with Crippen molar-refractivity contribution < 1.29 is 4.42 Å². The SMILES string of the molecule is Cc1ccc(Cc2ccc(P)cc2)o1. The molecule has 0 aliphatic heterocycles. The minimum absolute atomic E-state index is 0.874. The first-order valence-corrected chi connectivity index (χ1v) is 5.21. The highest BCUT2D eigenvalue weighted by molar-refractivity contribution is 7.27. The van der Waals surface area contributed by atoms with E-state index in [2.05, 4.69) is 33.5 Å². The van der Waals surface area contributed by atoms with Crippen LogP contribution < -0.4 is 5.30 Å². The summed E-state index contributed by atoms with van der Waals surface area (Å²) in [5.41, 5.74) is 1.28. The molecule has 2 heteroatoms. The second kappa shape index (κ2) is 3.98. The third-order valence-electron chi connectivity index (χ3n) is 2.15. The van der Waals surface area contributed by atoms with Crippen LogP contribution in [0.5, 0.6) is 0 Å². The van der Waals surface area contributed by atoms with Gasteiger partial charge in [0.25, 0.3) is 0 Å². The maximum Gasteiger partial charge on any atom is 0.108 e. The van der Waals surface area contributed by atoms with Crippen molar-refractivity contribution in [2.45, 2.75) is 13.3 Å². The molecular weight excluding hydrogens is 191 g/mol. The van der Waals surface area contributed by atoms with Crippen molar-refractivity contribution in [2.24, 2.45) is 0 Å². The molecule has 1 nitrogen and oxygen atoms in total. The van der Waals surface area contributed by atoms with Gasteiger partial charge >= 0.3 is 0 Å². The second-order valence-corrected chi connectivity index (χ2v) is 4.10. The fourth-order valence-electron chi connectivity index (χ4n) is 1.42. The van der Waals surface area contributed by atoms with Gasteiger partial charge in [0.05, 0.1) is 0 Å². The van der Waals surface area contributed by atoms with Crippen molar-refractivity contribution in [3.05, 3.63) is 53.5 Å². The van der Waals surface area contributed by atoms with Crippen LogP contribution in [0.3, 0.4) is 0 Å². The second-order valence-electron chi connectivity index (χ2n) is 3.43. The highest BCUT2D eigenvalue weighted by Gasteiger charge is 1.99. The Bertz CT molecular complexity index is 414. The van der Waals surface area contributed by atoms with Gasteiger partial charge in [0.15, 0.2) is 0 Å². The lowest BCUT2D eigenvalue weighted by Gasteiger charge is -1.98. The van der Waals surface area contributed by atoms with Gasteiger partial charge < -0.3 is 4.42 Å². The van der Waals surface area contributed by atoms with E-state index in [1.807, 2.05) is 19.1 Å². The molecule has 0 N–H and O–H groups in total. The molecule has 2 aromatic rings. The fourth-order valence-corrected chi connectivity index (χ4v) is 1.61. The highest BCUT2D eigenvalue weighted by Crippen LogP contribution is 2.12. The molecule has 0 spiro atoms. The molecule has 0 bridgehead atoms. The summed E-state index contributed by atoms with van der Waals surface area (Å²) < 4.78 is 5.51. The minimum Gasteiger partial charge on any atom is -0.466 e. The van der Waals surface area contributed by atoms with E-state index in [1.54, 1.807) is 0 Å². The van der Waals surface area contributed by atoms with Crippen molar-refractivity contribution >= 4 is 14.5 Å². The third kappa shape index (κ3) is 2.24. The Hall–Kier alpha value is -1.07. The summed E-state index contributed by atoms with van der Waals surface area (Å²) in [5, 5.41) is 1.21. The summed E-state index contributed by atoms with van der Waals surface area (Å²) >= 11 is 0. The fraction of sp³-hybridized carbons (Fsp3) is 0.167. The van der Waals surface area contributed by atoms with E-state index in [9.17, 15) is 0 Å². The Morgan fingerprint density at radius 1 is 1.07 bits per heavy atom. The maximum absolute atomic E-state index is 5.51. The topological polar surface area (TPSA) is 13.1 Å². The smallest absolute Gasteiger partial charge is 0.108 e. The van der Waals surface area contributed by atoms with E-state index in [1.165, 1.54) is 10.9 Å². The zero-order chi connectivity index (χ0) is 9.97. The van der Waals surface area contributed by atoms with Crippen molar-refractivity contribution in [3.8, 4) is 0 Å². The van der Waals surface area contributed by atoms with Crippen LogP contribution in [0.1, 0.15) is 17.1 Å². The molecule has 1 heterocycles. The molecule has 72 valence electrons. The first-order chi connectivity index (χ1) is 6.74. The Kier molecular flexibility index (Phi) is 2.69. The molecule has 14 heavy (non-hydrogen) atoms. The molecule has 0 radical (unpaired) electrons. The molecule has 1 atom stereocenters.